The number of methoxy groups -OCH3 is 1. The number of aliphatic hydroxyl groups is 1. The van der Waals surface area contributed by atoms with Gasteiger partial charge in [-0.1, -0.05) is 30.3 Å². The molecule has 5 nitrogen and oxygen atoms in total. The molecule has 0 heterocycles. The minimum absolute atomic E-state index is 0. The fourth-order valence-electron chi connectivity index (χ4n) is 2.48. The first kappa shape index (κ1) is 25.5. The van der Waals surface area contributed by atoms with Gasteiger partial charge in [0.05, 0.1) is 13.7 Å². The first-order valence-corrected chi connectivity index (χ1v) is 8.61. The lowest BCUT2D eigenvalue weighted by molar-refractivity contribution is 0.283. The Kier molecular flexibility index (Phi) is 13.7. The van der Waals surface area contributed by atoms with E-state index in [1.807, 2.05) is 30.3 Å². The van der Waals surface area contributed by atoms with Crippen molar-refractivity contribution >= 4 is 24.8 Å². The van der Waals surface area contributed by atoms with Crippen molar-refractivity contribution in [3.8, 4) is 11.5 Å². The number of benzene rings is 2. The largest absolute Gasteiger partial charge is 0.493 e. The smallest absolute Gasteiger partial charge is 0.161 e. The Bertz CT molecular complexity index is 657. The lowest BCUT2D eigenvalue weighted by Crippen LogP contribution is -2.28. The average Bonchev–Trinajstić information content (AvgIpc) is 2.64. The minimum Gasteiger partial charge on any atom is -0.493 e. The molecular formula is C20H30Cl2N2O3. The van der Waals surface area contributed by atoms with Gasteiger partial charge in [-0.15, -0.1) is 24.8 Å². The van der Waals surface area contributed by atoms with Crippen molar-refractivity contribution < 1.29 is 14.6 Å². The summed E-state index contributed by atoms with van der Waals surface area (Å²) in [6.07, 6.45) is 0. The molecule has 0 saturated heterocycles. The second-order valence-electron chi connectivity index (χ2n) is 5.85. The van der Waals surface area contributed by atoms with Crippen molar-refractivity contribution in [1.29, 1.82) is 0 Å². The van der Waals surface area contributed by atoms with Crippen molar-refractivity contribution in [3.05, 3.63) is 59.2 Å². The molecule has 0 aromatic heterocycles. The maximum Gasteiger partial charge on any atom is 0.161 e. The number of halogens is 2. The molecular weight excluding hydrogens is 387 g/mol. The predicted molar refractivity (Wildman–Crippen MR) is 115 cm³/mol. The lowest BCUT2D eigenvalue weighted by atomic mass is 10.1. The van der Waals surface area contributed by atoms with Crippen LogP contribution in [0.4, 0.5) is 0 Å². The fraction of sp³-hybridized carbons (Fsp3) is 0.400. The van der Waals surface area contributed by atoms with E-state index in [1.54, 1.807) is 7.11 Å². The first-order valence-electron chi connectivity index (χ1n) is 8.61. The van der Waals surface area contributed by atoms with Crippen LogP contribution in [-0.2, 0) is 13.2 Å². The van der Waals surface area contributed by atoms with E-state index < -0.39 is 0 Å². The Balaban J connectivity index is 0.00000338. The molecule has 2 aromatic carbocycles. The van der Waals surface area contributed by atoms with Crippen LogP contribution < -0.4 is 20.1 Å². The van der Waals surface area contributed by atoms with Crippen LogP contribution in [0.5, 0.6) is 11.5 Å². The van der Waals surface area contributed by atoms with Gasteiger partial charge in [0, 0.05) is 26.2 Å². The Morgan fingerprint density at radius 3 is 2.37 bits per heavy atom. The molecule has 0 aliphatic rings. The van der Waals surface area contributed by atoms with Crippen LogP contribution in [0.15, 0.2) is 42.5 Å². The van der Waals surface area contributed by atoms with Crippen molar-refractivity contribution in [2.45, 2.75) is 20.1 Å². The van der Waals surface area contributed by atoms with Crippen LogP contribution in [0.3, 0.4) is 0 Å². The minimum atomic E-state index is 0. The number of aliphatic hydroxyl groups excluding tert-OH is 1. The summed E-state index contributed by atoms with van der Waals surface area (Å²) in [5.74, 6) is 1.49. The molecule has 152 valence electrons. The predicted octanol–water partition coefficient (Wildman–Crippen LogP) is 3.10. The van der Waals surface area contributed by atoms with Crippen LogP contribution in [-0.4, -0.2) is 38.5 Å². The monoisotopic (exact) mass is 416 g/mol. The maximum atomic E-state index is 8.71. The van der Waals surface area contributed by atoms with Crippen LogP contribution in [0.2, 0.25) is 0 Å². The molecule has 2 rings (SSSR count). The standard InChI is InChI=1S/C20H28N2O3.2ClH/c1-16-5-3-4-6-18(16)15-25-19-8-7-17(13-20(19)24-2)14-22-10-9-21-11-12-23;;/h3-8,13,21-23H,9-12,14-15H2,1-2H3;2*1H. The molecule has 0 aliphatic carbocycles. The molecule has 2 aromatic rings. The van der Waals surface area contributed by atoms with Crippen molar-refractivity contribution in [2.75, 3.05) is 33.4 Å². The third-order valence-corrected chi connectivity index (χ3v) is 3.97. The van der Waals surface area contributed by atoms with Gasteiger partial charge in [0.15, 0.2) is 11.5 Å². The van der Waals surface area contributed by atoms with Gasteiger partial charge >= 0.3 is 0 Å². The van der Waals surface area contributed by atoms with Gasteiger partial charge < -0.3 is 25.2 Å². The summed E-state index contributed by atoms with van der Waals surface area (Å²) in [5.41, 5.74) is 3.53. The summed E-state index contributed by atoms with van der Waals surface area (Å²) in [5, 5.41) is 15.2. The van der Waals surface area contributed by atoms with Gasteiger partial charge in [0.25, 0.3) is 0 Å². The highest BCUT2D eigenvalue weighted by Crippen LogP contribution is 2.29. The first-order chi connectivity index (χ1) is 12.2. The van der Waals surface area contributed by atoms with Gasteiger partial charge in [-0.2, -0.15) is 0 Å². The molecule has 0 amide bonds. The van der Waals surface area contributed by atoms with Gasteiger partial charge in [-0.25, -0.2) is 0 Å². The molecule has 0 unspecified atom stereocenters. The van der Waals surface area contributed by atoms with Gasteiger partial charge in [-0.05, 0) is 35.7 Å². The molecule has 0 bridgehead atoms. The summed E-state index contributed by atoms with van der Waals surface area (Å²) in [6.45, 7) is 5.83. The molecule has 0 radical (unpaired) electrons. The SMILES string of the molecule is COc1cc(CNCCNCCO)ccc1OCc1ccccc1C.Cl.Cl. The number of aryl methyl sites for hydroxylation is 1. The topological polar surface area (TPSA) is 62.8 Å². The zero-order valence-corrected chi connectivity index (χ0v) is 17.5. The van der Waals surface area contributed by atoms with Crippen LogP contribution in [0.1, 0.15) is 16.7 Å². The summed E-state index contributed by atoms with van der Waals surface area (Å²) in [4.78, 5) is 0. The number of hydrogen-bond donors (Lipinski definition) is 3. The van der Waals surface area contributed by atoms with E-state index in [0.29, 0.717) is 13.2 Å². The van der Waals surface area contributed by atoms with E-state index in [-0.39, 0.29) is 31.4 Å². The van der Waals surface area contributed by atoms with E-state index in [2.05, 4.69) is 29.7 Å². The molecule has 7 heteroatoms. The Labute approximate surface area is 174 Å². The number of nitrogens with one attached hydrogen (secondary N) is 2. The number of rotatable bonds is 11. The Morgan fingerprint density at radius 2 is 1.67 bits per heavy atom. The molecule has 0 atom stereocenters. The van der Waals surface area contributed by atoms with Crippen molar-refractivity contribution in [3.63, 3.8) is 0 Å². The van der Waals surface area contributed by atoms with E-state index >= 15 is 0 Å². The molecule has 27 heavy (non-hydrogen) atoms. The van der Waals surface area contributed by atoms with E-state index in [1.165, 1.54) is 11.1 Å². The summed E-state index contributed by atoms with van der Waals surface area (Å²) in [7, 11) is 1.66. The lowest BCUT2D eigenvalue weighted by Gasteiger charge is -2.13. The zero-order valence-electron chi connectivity index (χ0n) is 15.9. The van der Waals surface area contributed by atoms with Gasteiger partial charge in [0.1, 0.15) is 6.61 Å². The van der Waals surface area contributed by atoms with Gasteiger partial charge in [-0.3, -0.25) is 0 Å². The average molecular weight is 417 g/mol. The van der Waals surface area contributed by atoms with E-state index in [9.17, 15) is 0 Å². The Morgan fingerprint density at radius 1 is 0.926 bits per heavy atom. The van der Waals surface area contributed by atoms with E-state index in [4.69, 9.17) is 14.6 Å². The molecule has 3 N–H and O–H groups in total. The normalized spacial score (nSPS) is 9.89. The van der Waals surface area contributed by atoms with Crippen LogP contribution >= 0.6 is 24.8 Å². The third-order valence-electron chi connectivity index (χ3n) is 3.97. The Hall–Kier alpha value is -1.50. The van der Waals surface area contributed by atoms with Crippen molar-refractivity contribution in [1.82, 2.24) is 10.6 Å². The highest BCUT2D eigenvalue weighted by molar-refractivity contribution is 5.85. The molecule has 0 saturated carbocycles. The van der Waals surface area contributed by atoms with Crippen LogP contribution in [0.25, 0.3) is 0 Å². The third kappa shape index (κ3) is 8.82. The second kappa shape index (κ2) is 14.5. The molecule has 0 aliphatic heterocycles. The number of ether oxygens (including phenoxy) is 2. The highest BCUT2D eigenvalue weighted by atomic mass is 35.5. The zero-order chi connectivity index (χ0) is 17.9. The van der Waals surface area contributed by atoms with E-state index in [0.717, 1.165) is 36.7 Å². The molecule has 0 spiro atoms. The highest BCUT2D eigenvalue weighted by Gasteiger charge is 2.07. The summed E-state index contributed by atoms with van der Waals surface area (Å²) < 4.78 is 11.4. The summed E-state index contributed by atoms with van der Waals surface area (Å²) in [6, 6.07) is 14.2. The molecule has 0 fully saturated rings. The second-order valence-corrected chi connectivity index (χ2v) is 5.85. The quantitative estimate of drug-likeness (QED) is 0.491. The fourth-order valence-corrected chi connectivity index (χ4v) is 2.48. The summed E-state index contributed by atoms with van der Waals surface area (Å²) >= 11 is 0. The van der Waals surface area contributed by atoms with Crippen molar-refractivity contribution in [2.24, 2.45) is 0 Å². The van der Waals surface area contributed by atoms with Gasteiger partial charge in [0.2, 0.25) is 0 Å². The number of hydrogen-bond acceptors (Lipinski definition) is 5. The maximum absolute atomic E-state index is 8.71. The van der Waals surface area contributed by atoms with Crippen LogP contribution in [0, 0.1) is 6.92 Å².